The van der Waals surface area contributed by atoms with Gasteiger partial charge in [-0.1, -0.05) is 12.1 Å². The van der Waals surface area contributed by atoms with E-state index in [1.165, 1.54) is 0 Å². The molecule has 0 atom stereocenters. The Bertz CT molecular complexity index is 416. The van der Waals surface area contributed by atoms with Gasteiger partial charge in [-0.3, -0.25) is 4.79 Å². The Hall–Kier alpha value is -2.24. The second-order valence-electron chi connectivity index (χ2n) is 3.72. The summed E-state index contributed by atoms with van der Waals surface area (Å²) in [5.41, 5.74) is 0.830. The summed E-state index contributed by atoms with van der Waals surface area (Å²) in [4.78, 5) is 21.5. The van der Waals surface area contributed by atoms with Gasteiger partial charge in [-0.25, -0.2) is 4.79 Å². The van der Waals surface area contributed by atoms with Crippen molar-refractivity contribution in [3.05, 3.63) is 29.8 Å². The van der Waals surface area contributed by atoms with Crippen LogP contribution in [0.2, 0.25) is 0 Å². The molecule has 1 aromatic carbocycles. The standard InChI is InChI=1S/C13H17NO5/c1-2-18-11-5-3-10(4-6-11)9-19-13(17)14-8-7-12(15)16/h3-6H,2,7-9H2,1H3,(H,14,17)(H,15,16). The highest BCUT2D eigenvalue weighted by Gasteiger charge is 2.04. The second kappa shape index (κ2) is 7.97. The number of hydrogen-bond acceptors (Lipinski definition) is 4. The first-order valence-corrected chi connectivity index (χ1v) is 5.96. The van der Waals surface area contributed by atoms with E-state index in [4.69, 9.17) is 14.6 Å². The minimum Gasteiger partial charge on any atom is -0.494 e. The molecule has 19 heavy (non-hydrogen) atoms. The minimum absolute atomic E-state index is 0.0530. The summed E-state index contributed by atoms with van der Waals surface area (Å²) >= 11 is 0. The first-order valence-electron chi connectivity index (χ1n) is 5.96. The van der Waals surface area contributed by atoms with Crippen LogP contribution in [0, 0.1) is 0 Å². The second-order valence-corrected chi connectivity index (χ2v) is 3.72. The number of benzene rings is 1. The third-order valence-electron chi connectivity index (χ3n) is 2.21. The molecule has 0 aliphatic rings. The summed E-state index contributed by atoms with van der Waals surface area (Å²) in [6.45, 7) is 2.68. The zero-order valence-corrected chi connectivity index (χ0v) is 10.7. The molecule has 0 radical (unpaired) electrons. The van der Waals surface area contributed by atoms with Crippen molar-refractivity contribution in [1.29, 1.82) is 0 Å². The molecule has 104 valence electrons. The Morgan fingerprint density at radius 2 is 1.95 bits per heavy atom. The lowest BCUT2D eigenvalue weighted by Gasteiger charge is -2.07. The van der Waals surface area contributed by atoms with Crippen molar-refractivity contribution in [1.82, 2.24) is 5.32 Å². The molecule has 1 aromatic rings. The van der Waals surface area contributed by atoms with Gasteiger partial charge >= 0.3 is 12.1 Å². The van der Waals surface area contributed by atoms with Crippen LogP contribution < -0.4 is 10.1 Å². The van der Waals surface area contributed by atoms with E-state index in [-0.39, 0.29) is 19.6 Å². The van der Waals surface area contributed by atoms with Crippen molar-refractivity contribution >= 4 is 12.1 Å². The summed E-state index contributed by atoms with van der Waals surface area (Å²) in [5.74, 6) is -0.205. The van der Waals surface area contributed by atoms with Gasteiger partial charge in [0, 0.05) is 6.54 Å². The monoisotopic (exact) mass is 267 g/mol. The number of carbonyl (C=O) groups is 2. The lowest BCUT2D eigenvalue weighted by atomic mass is 10.2. The minimum atomic E-state index is -0.966. The van der Waals surface area contributed by atoms with Gasteiger partial charge in [0.2, 0.25) is 0 Å². The van der Waals surface area contributed by atoms with Gasteiger partial charge in [0.25, 0.3) is 0 Å². The maximum absolute atomic E-state index is 11.2. The van der Waals surface area contributed by atoms with Crippen molar-refractivity contribution in [3.63, 3.8) is 0 Å². The quantitative estimate of drug-likeness (QED) is 0.786. The lowest BCUT2D eigenvalue weighted by molar-refractivity contribution is -0.136. The van der Waals surface area contributed by atoms with Crippen LogP contribution in [-0.4, -0.2) is 30.3 Å². The Kier molecular flexibility index (Phi) is 6.21. The first kappa shape index (κ1) is 14.8. The molecule has 0 aliphatic carbocycles. The first-order chi connectivity index (χ1) is 9.11. The largest absolute Gasteiger partial charge is 0.494 e. The molecule has 1 rings (SSSR count). The van der Waals surface area contributed by atoms with Crippen molar-refractivity contribution in [2.24, 2.45) is 0 Å². The molecule has 0 fully saturated rings. The maximum Gasteiger partial charge on any atom is 0.407 e. The van der Waals surface area contributed by atoms with Gasteiger partial charge in [-0.2, -0.15) is 0 Å². The highest BCUT2D eigenvalue weighted by atomic mass is 16.5. The number of ether oxygens (including phenoxy) is 2. The fourth-order valence-electron chi connectivity index (χ4n) is 1.32. The third-order valence-corrected chi connectivity index (χ3v) is 2.21. The Morgan fingerprint density at radius 3 is 2.53 bits per heavy atom. The normalized spacial score (nSPS) is 9.74. The van der Waals surface area contributed by atoms with Gasteiger partial charge in [0.05, 0.1) is 13.0 Å². The Morgan fingerprint density at radius 1 is 1.26 bits per heavy atom. The molecule has 0 spiro atoms. The van der Waals surface area contributed by atoms with Crippen LogP contribution in [0.4, 0.5) is 4.79 Å². The molecule has 6 nitrogen and oxygen atoms in total. The van der Waals surface area contributed by atoms with Crippen molar-refractivity contribution in [2.75, 3.05) is 13.2 Å². The van der Waals surface area contributed by atoms with E-state index in [0.29, 0.717) is 6.61 Å². The summed E-state index contributed by atoms with van der Waals surface area (Å²) in [6, 6.07) is 7.19. The number of carboxylic acids is 1. The van der Waals surface area contributed by atoms with E-state index in [9.17, 15) is 9.59 Å². The van der Waals surface area contributed by atoms with E-state index < -0.39 is 12.1 Å². The highest BCUT2D eigenvalue weighted by molar-refractivity contribution is 5.70. The molecule has 2 N–H and O–H groups in total. The average Bonchev–Trinajstić information content (AvgIpc) is 2.38. The number of rotatable bonds is 7. The summed E-state index contributed by atoms with van der Waals surface area (Å²) < 4.78 is 10.2. The average molecular weight is 267 g/mol. The molecule has 6 heteroatoms. The number of carbonyl (C=O) groups excluding carboxylic acids is 1. The van der Waals surface area contributed by atoms with Crippen LogP contribution in [-0.2, 0) is 16.1 Å². The van der Waals surface area contributed by atoms with E-state index >= 15 is 0 Å². The number of carboxylic acid groups (broad SMARTS) is 1. The third kappa shape index (κ3) is 6.30. The lowest BCUT2D eigenvalue weighted by Crippen LogP contribution is -2.26. The van der Waals surface area contributed by atoms with Gasteiger partial charge in [-0.05, 0) is 24.6 Å². The summed E-state index contributed by atoms with van der Waals surface area (Å²) in [5, 5.41) is 10.7. The topological polar surface area (TPSA) is 84.9 Å². The predicted molar refractivity (Wildman–Crippen MR) is 68.1 cm³/mol. The number of hydrogen-bond donors (Lipinski definition) is 2. The Balaban J connectivity index is 2.27. The van der Waals surface area contributed by atoms with Crippen LogP contribution in [0.1, 0.15) is 18.9 Å². The highest BCUT2D eigenvalue weighted by Crippen LogP contribution is 2.12. The van der Waals surface area contributed by atoms with E-state index in [2.05, 4.69) is 5.32 Å². The zero-order chi connectivity index (χ0) is 14.1. The molecule has 0 aromatic heterocycles. The van der Waals surface area contributed by atoms with Crippen LogP contribution in [0.3, 0.4) is 0 Å². The van der Waals surface area contributed by atoms with Crippen molar-refractivity contribution < 1.29 is 24.2 Å². The van der Waals surface area contributed by atoms with E-state index in [1.807, 2.05) is 6.92 Å². The van der Waals surface area contributed by atoms with Crippen LogP contribution >= 0.6 is 0 Å². The molecular weight excluding hydrogens is 250 g/mol. The molecule has 0 saturated heterocycles. The summed E-state index contributed by atoms with van der Waals surface area (Å²) in [7, 11) is 0. The van der Waals surface area contributed by atoms with Crippen LogP contribution in [0.15, 0.2) is 24.3 Å². The fourth-order valence-corrected chi connectivity index (χ4v) is 1.32. The van der Waals surface area contributed by atoms with Crippen LogP contribution in [0.5, 0.6) is 5.75 Å². The number of nitrogens with one attached hydrogen (secondary N) is 1. The maximum atomic E-state index is 11.2. The molecule has 0 heterocycles. The SMILES string of the molecule is CCOc1ccc(COC(=O)NCCC(=O)O)cc1. The molecule has 0 aliphatic heterocycles. The molecule has 0 bridgehead atoms. The van der Waals surface area contributed by atoms with Crippen molar-refractivity contribution in [2.45, 2.75) is 20.0 Å². The molecular formula is C13H17NO5. The summed E-state index contributed by atoms with van der Waals surface area (Å²) in [6.07, 6.45) is -0.756. The Labute approximate surface area is 111 Å². The number of alkyl carbamates (subject to hydrolysis) is 1. The van der Waals surface area contributed by atoms with E-state index in [0.717, 1.165) is 11.3 Å². The predicted octanol–water partition coefficient (Wildman–Crippen LogP) is 1.79. The van der Waals surface area contributed by atoms with Crippen molar-refractivity contribution in [3.8, 4) is 5.75 Å². The van der Waals surface area contributed by atoms with Gasteiger partial charge in [-0.15, -0.1) is 0 Å². The van der Waals surface area contributed by atoms with Crippen LogP contribution in [0.25, 0.3) is 0 Å². The van der Waals surface area contributed by atoms with Gasteiger partial charge in [0.15, 0.2) is 0 Å². The zero-order valence-electron chi connectivity index (χ0n) is 10.7. The molecule has 0 unspecified atom stereocenters. The number of amides is 1. The van der Waals surface area contributed by atoms with E-state index in [1.54, 1.807) is 24.3 Å². The smallest absolute Gasteiger partial charge is 0.407 e. The fraction of sp³-hybridized carbons (Fsp3) is 0.385. The van der Waals surface area contributed by atoms with Gasteiger partial charge in [0.1, 0.15) is 12.4 Å². The molecule has 1 amide bonds. The van der Waals surface area contributed by atoms with Gasteiger partial charge < -0.3 is 19.9 Å². The molecule has 0 saturated carbocycles. The number of aliphatic carboxylic acids is 1.